The van der Waals surface area contributed by atoms with Crippen molar-refractivity contribution in [1.82, 2.24) is 4.90 Å². The maximum absolute atomic E-state index is 12.5. The number of carbonyl (C=O) groups is 1. The second-order valence-electron chi connectivity index (χ2n) is 8.02. The van der Waals surface area contributed by atoms with Gasteiger partial charge in [0, 0.05) is 25.6 Å². The fourth-order valence-corrected chi connectivity index (χ4v) is 3.58. The Hall–Kier alpha value is -1.44. The van der Waals surface area contributed by atoms with Crippen molar-refractivity contribution < 1.29 is 38.0 Å². The summed E-state index contributed by atoms with van der Waals surface area (Å²) in [6.45, 7) is 5.74. The maximum atomic E-state index is 12.5. The van der Waals surface area contributed by atoms with Gasteiger partial charge in [0.25, 0.3) is 0 Å². The lowest BCUT2D eigenvalue weighted by Crippen LogP contribution is -3.00. The quantitative estimate of drug-likeness (QED) is 0.312. The van der Waals surface area contributed by atoms with E-state index >= 15 is 0 Å². The molecular formula is C23H31IN2O2. The van der Waals surface area contributed by atoms with Crippen LogP contribution in [-0.4, -0.2) is 68.8 Å². The molecule has 0 atom stereocenters. The summed E-state index contributed by atoms with van der Waals surface area (Å²) in [5.41, 5.74) is 2.30. The van der Waals surface area contributed by atoms with Gasteiger partial charge in [0.1, 0.15) is 6.61 Å². The predicted molar refractivity (Wildman–Crippen MR) is 109 cm³/mol. The van der Waals surface area contributed by atoms with E-state index in [1.54, 1.807) is 0 Å². The molecule has 2 aromatic rings. The molecule has 3 rings (SSSR count). The number of quaternary nitrogens is 1. The molecule has 0 N–H and O–H groups in total. The van der Waals surface area contributed by atoms with Gasteiger partial charge in [-0.1, -0.05) is 60.7 Å². The van der Waals surface area contributed by atoms with Gasteiger partial charge in [0.15, 0.2) is 0 Å². The summed E-state index contributed by atoms with van der Waals surface area (Å²) in [5, 5.41) is 0. The van der Waals surface area contributed by atoms with Crippen molar-refractivity contribution in [3.05, 3.63) is 71.8 Å². The molecule has 28 heavy (non-hydrogen) atoms. The van der Waals surface area contributed by atoms with Crippen LogP contribution >= 0.6 is 0 Å². The van der Waals surface area contributed by atoms with Crippen LogP contribution in [0.5, 0.6) is 0 Å². The molecule has 0 aromatic heterocycles. The first-order chi connectivity index (χ1) is 13.0. The zero-order valence-electron chi connectivity index (χ0n) is 16.9. The molecule has 4 nitrogen and oxygen atoms in total. The van der Waals surface area contributed by atoms with E-state index in [1.807, 2.05) is 36.4 Å². The second-order valence-corrected chi connectivity index (χ2v) is 8.02. The van der Waals surface area contributed by atoms with Gasteiger partial charge in [0.05, 0.1) is 33.6 Å². The molecule has 1 saturated heterocycles. The first-order valence-electron chi connectivity index (χ1n) is 9.83. The molecule has 0 bridgehead atoms. The topological polar surface area (TPSA) is 29.5 Å². The van der Waals surface area contributed by atoms with Gasteiger partial charge < -0.3 is 33.2 Å². The lowest BCUT2D eigenvalue weighted by atomic mass is 9.89. The molecule has 5 heteroatoms. The van der Waals surface area contributed by atoms with Crippen molar-refractivity contribution in [1.29, 1.82) is 0 Å². The van der Waals surface area contributed by atoms with Crippen LogP contribution < -0.4 is 24.0 Å². The first kappa shape index (κ1) is 22.8. The number of likely N-dealkylation sites (N-methyl/N-ethyl adjacent to an activating group) is 1. The minimum Gasteiger partial charge on any atom is -1.00 e. The Morgan fingerprint density at radius 3 is 1.96 bits per heavy atom. The second kappa shape index (κ2) is 10.9. The van der Waals surface area contributed by atoms with E-state index in [2.05, 4.69) is 43.3 Å². The molecule has 2 aromatic carbocycles. The van der Waals surface area contributed by atoms with Crippen molar-refractivity contribution in [2.45, 2.75) is 12.3 Å². The van der Waals surface area contributed by atoms with Crippen molar-refractivity contribution in [3.63, 3.8) is 0 Å². The fourth-order valence-electron chi connectivity index (χ4n) is 3.58. The van der Waals surface area contributed by atoms with E-state index in [4.69, 9.17) is 4.74 Å². The number of hydrogen-bond donors (Lipinski definition) is 0. The Bertz CT molecular complexity index is 672. The van der Waals surface area contributed by atoms with E-state index in [1.165, 1.54) is 0 Å². The van der Waals surface area contributed by atoms with Gasteiger partial charge >= 0.3 is 5.97 Å². The summed E-state index contributed by atoms with van der Waals surface area (Å²) < 4.78 is 6.66. The van der Waals surface area contributed by atoms with Crippen LogP contribution in [0.25, 0.3) is 0 Å². The highest BCUT2D eigenvalue weighted by Crippen LogP contribution is 2.28. The molecule has 0 aliphatic carbocycles. The zero-order valence-corrected chi connectivity index (χ0v) is 19.0. The molecule has 1 aliphatic heterocycles. The van der Waals surface area contributed by atoms with Crippen LogP contribution in [0, 0.1) is 0 Å². The van der Waals surface area contributed by atoms with E-state index in [0.717, 1.165) is 48.3 Å². The minimum absolute atomic E-state index is 0. The lowest BCUT2D eigenvalue weighted by molar-refractivity contribution is -0.894. The van der Waals surface area contributed by atoms with Crippen molar-refractivity contribution in [2.75, 3.05) is 53.4 Å². The molecule has 1 aliphatic rings. The van der Waals surface area contributed by atoms with E-state index in [-0.39, 0.29) is 35.9 Å². The molecule has 1 heterocycles. The van der Waals surface area contributed by atoms with Gasteiger partial charge in [-0.05, 0) is 11.1 Å². The first-order valence-corrected chi connectivity index (χ1v) is 9.83. The average molecular weight is 494 g/mol. The molecule has 0 amide bonds. The summed E-state index contributed by atoms with van der Waals surface area (Å²) in [6.07, 6.45) is 0.373. The largest absolute Gasteiger partial charge is 1.00 e. The number of halogens is 1. The summed E-state index contributed by atoms with van der Waals surface area (Å²) in [7, 11) is 4.54. The predicted octanol–water partition coefficient (Wildman–Crippen LogP) is 0.148. The number of benzene rings is 2. The summed E-state index contributed by atoms with van der Waals surface area (Å²) in [5.74, 6) is -0.0891. The highest BCUT2D eigenvalue weighted by Gasteiger charge is 2.24. The number of nitrogens with zero attached hydrogens (tertiary/aromatic N) is 2. The molecule has 0 saturated carbocycles. The molecule has 1 fully saturated rings. The summed E-state index contributed by atoms with van der Waals surface area (Å²) in [6, 6.07) is 20.4. The Balaban J connectivity index is 0.00000280. The highest BCUT2D eigenvalue weighted by atomic mass is 127. The Morgan fingerprint density at radius 2 is 1.46 bits per heavy atom. The van der Waals surface area contributed by atoms with Crippen LogP contribution in [0.15, 0.2) is 60.7 Å². The van der Waals surface area contributed by atoms with Gasteiger partial charge in [-0.3, -0.25) is 9.69 Å². The molecule has 0 unspecified atom stereocenters. The van der Waals surface area contributed by atoms with E-state index in [9.17, 15) is 4.79 Å². The smallest absolute Gasteiger partial charge is 0.306 e. The number of piperazine rings is 1. The van der Waals surface area contributed by atoms with Crippen LogP contribution in [0.3, 0.4) is 0 Å². The number of hydrogen-bond acceptors (Lipinski definition) is 3. The Morgan fingerprint density at radius 1 is 0.964 bits per heavy atom. The third kappa shape index (κ3) is 6.87. The number of ether oxygens (including phenoxy) is 1. The third-order valence-corrected chi connectivity index (χ3v) is 5.49. The number of rotatable bonds is 7. The van der Waals surface area contributed by atoms with Crippen LogP contribution in [0.1, 0.15) is 23.5 Å². The summed E-state index contributed by atoms with van der Waals surface area (Å²) in [4.78, 5) is 14.9. The van der Waals surface area contributed by atoms with Crippen molar-refractivity contribution in [2.24, 2.45) is 0 Å². The van der Waals surface area contributed by atoms with E-state index in [0.29, 0.717) is 13.0 Å². The normalized spacial score (nSPS) is 16.4. The van der Waals surface area contributed by atoms with Crippen molar-refractivity contribution in [3.8, 4) is 0 Å². The standard InChI is InChI=1S/C23H31N2O2.HI/c1-25(2)16-13-24(14-17-25)15-18-27-23(26)19-22(20-9-5-3-6-10-20)21-11-7-4-8-12-21;/h3-12,22H,13-19H2,1-2H3;1H/q+1;/p-1. The minimum atomic E-state index is -0.124. The SMILES string of the molecule is C[N+]1(C)CCN(CCOC(=O)CC(c2ccccc2)c2ccccc2)CC1.[I-]. The molecular weight excluding hydrogens is 463 g/mol. The Labute approximate surface area is 186 Å². The zero-order chi connectivity index (χ0) is 19.1. The number of esters is 1. The monoisotopic (exact) mass is 494 g/mol. The molecule has 0 radical (unpaired) electrons. The lowest BCUT2D eigenvalue weighted by Gasteiger charge is -2.38. The average Bonchev–Trinajstić information content (AvgIpc) is 2.69. The maximum Gasteiger partial charge on any atom is 0.306 e. The molecule has 0 spiro atoms. The van der Waals surface area contributed by atoms with E-state index < -0.39 is 0 Å². The number of carbonyl (C=O) groups excluding carboxylic acids is 1. The van der Waals surface area contributed by atoms with Gasteiger partial charge in [-0.15, -0.1) is 0 Å². The van der Waals surface area contributed by atoms with Crippen LogP contribution in [-0.2, 0) is 9.53 Å². The fraction of sp³-hybridized carbons (Fsp3) is 0.435. The summed E-state index contributed by atoms with van der Waals surface area (Å²) >= 11 is 0. The van der Waals surface area contributed by atoms with Crippen LogP contribution in [0.4, 0.5) is 0 Å². The van der Waals surface area contributed by atoms with Crippen molar-refractivity contribution >= 4 is 5.97 Å². The highest BCUT2D eigenvalue weighted by molar-refractivity contribution is 5.71. The van der Waals surface area contributed by atoms with Crippen LogP contribution in [0.2, 0.25) is 0 Å². The van der Waals surface area contributed by atoms with Gasteiger partial charge in [-0.2, -0.15) is 0 Å². The molecule has 152 valence electrons. The van der Waals surface area contributed by atoms with Gasteiger partial charge in [0.2, 0.25) is 0 Å². The van der Waals surface area contributed by atoms with Gasteiger partial charge in [-0.25, -0.2) is 0 Å². The Kier molecular flexibility index (Phi) is 8.92. The third-order valence-electron chi connectivity index (χ3n) is 5.49.